The minimum atomic E-state index is -0.332. The normalized spacial score (nSPS) is 12.1. The number of hydrogen-bond acceptors (Lipinski definition) is 3. The predicted molar refractivity (Wildman–Crippen MR) is 65.6 cm³/mol. The molecular formula is C12H19NOS. The van der Waals surface area contributed by atoms with Crippen LogP contribution in [0.4, 0.5) is 0 Å². The van der Waals surface area contributed by atoms with Crippen LogP contribution in [-0.2, 0) is 0 Å². The van der Waals surface area contributed by atoms with Crippen LogP contribution in [0.1, 0.15) is 37.0 Å². The van der Waals surface area contributed by atoms with Gasteiger partial charge in [0.05, 0.1) is 5.54 Å². The summed E-state index contributed by atoms with van der Waals surface area (Å²) in [6, 6.07) is 1.91. The molecule has 1 aromatic rings. The van der Waals surface area contributed by atoms with Gasteiger partial charge in [-0.1, -0.05) is 13.8 Å². The molecule has 1 rings (SSSR count). The maximum atomic E-state index is 12.4. The second-order valence-electron chi connectivity index (χ2n) is 3.97. The van der Waals surface area contributed by atoms with E-state index < -0.39 is 0 Å². The fraction of sp³-hybridized carbons (Fsp3) is 0.583. The van der Waals surface area contributed by atoms with Gasteiger partial charge < -0.3 is 0 Å². The molecule has 0 aliphatic rings. The summed E-state index contributed by atoms with van der Waals surface area (Å²) < 4.78 is 0. The van der Waals surface area contributed by atoms with Crippen LogP contribution in [-0.4, -0.2) is 30.3 Å². The van der Waals surface area contributed by atoms with Gasteiger partial charge in [0.25, 0.3) is 0 Å². The van der Waals surface area contributed by atoms with Crippen LogP contribution >= 0.6 is 11.3 Å². The third kappa shape index (κ3) is 2.13. The molecule has 0 saturated heterocycles. The lowest BCUT2D eigenvalue weighted by molar-refractivity contribution is 0.0657. The summed E-state index contributed by atoms with van der Waals surface area (Å²) in [6.07, 6.45) is 1.70. The van der Waals surface area contributed by atoms with Crippen molar-refractivity contribution in [1.82, 2.24) is 4.90 Å². The molecule has 1 aromatic heterocycles. The van der Waals surface area contributed by atoms with E-state index in [-0.39, 0.29) is 11.3 Å². The number of carbonyl (C=O) groups excluding carboxylic acids is 1. The molecule has 84 valence electrons. The molecule has 0 saturated carbocycles. The first kappa shape index (κ1) is 12.4. The van der Waals surface area contributed by atoms with Gasteiger partial charge in [-0.25, -0.2) is 0 Å². The van der Waals surface area contributed by atoms with E-state index in [4.69, 9.17) is 0 Å². The number of carbonyl (C=O) groups is 1. The Morgan fingerprint density at radius 1 is 1.40 bits per heavy atom. The Morgan fingerprint density at radius 2 is 2.00 bits per heavy atom. The molecule has 0 spiro atoms. The standard InChI is InChI=1S/C12H19NOS/c1-5-12(6-2,13(3)4)11(14)10-7-8-15-9-10/h7-9H,5-6H2,1-4H3. The van der Waals surface area contributed by atoms with Crippen molar-refractivity contribution in [2.24, 2.45) is 0 Å². The summed E-state index contributed by atoms with van der Waals surface area (Å²) in [5.74, 6) is 0.249. The van der Waals surface area contributed by atoms with Gasteiger partial charge in [-0.15, -0.1) is 0 Å². The summed E-state index contributed by atoms with van der Waals surface area (Å²) >= 11 is 1.58. The van der Waals surface area contributed by atoms with Crippen molar-refractivity contribution in [3.63, 3.8) is 0 Å². The van der Waals surface area contributed by atoms with E-state index in [1.165, 1.54) is 0 Å². The third-order valence-corrected chi connectivity index (χ3v) is 3.92. The Labute approximate surface area is 95.9 Å². The van der Waals surface area contributed by atoms with Crippen LogP contribution in [0.3, 0.4) is 0 Å². The fourth-order valence-corrected chi connectivity index (χ4v) is 2.70. The number of thiophene rings is 1. The Kier molecular flexibility index (Phi) is 4.05. The second kappa shape index (κ2) is 4.90. The van der Waals surface area contributed by atoms with E-state index in [9.17, 15) is 4.79 Å². The number of rotatable bonds is 5. The predicted octanol–water partition coefficient (Wildman–Crippen LogP) is 3.05. The van der Waals surface area contributed by atoms with E-state index in [0.717, 1.165) is 18.4 Å². The summed E-state index contributed by atoms with van der Waals surface area (Å²) in [5, 5.41) is 3.89. The van der Waals surface area contributed by atoms with Crippen molar-refractivity contribution in [3.05, 3.63) is 22.4 Å². The number of nitrogens with zero attached hydrogens (tertiary/aromatic N) is 1. The van der Waals surface area contributed by atoms with Gasteiger partial charge >= 0.3 is 0 Å². The van der Waals surface area contributed by atoms with Gasteiger partial charge in [0.15, 0.2) is 5.78 Å². The number of ketones is 1. The van der Waals surface area contributed by atoms with Gasteiger partial charge in [0.2, 0.25) is 0 Å². The van der Waals surface area contributed by atoms with Gasteiger partial charge in [0, 0.05) is 10.9 Å². The first-order chi connectivity index (χ1) is 7.08. The van der Waals surface area contributed by atoms with Crippen LogP contribution in [0.2, 0.25) is 0 Å². The van der Waals surface area contributed by atoms with Gasteiger partial charge in [-0.2, -0.15) is 11.3 Å². The smallest absolute Gasteiger partial charge is 0.183 e. The maximum absolute atomic E-state index is 12.4. The highest BCUT2D eigenvalue weighted by atomic mass is 32.1. The van der Waals surface area contributed by atoms with Crippen molar-refractivity contribution in [2.75, 3.05) is 14.1 Å². The summed E-state index contributed by atoms with van der Waals surface area (Å²) in [5.41, 5.74) is 0.513. The number of hydrogen-bond donors (Lipinski definition) is 0. The molecule has 0 unspecified atom stereocenters. The first-order valence-corrected chi connectivity index (χ1v) is 6.27. The third-order valence-electron chi connectivity index (χ3n) is 3.23. The second-order valence-corrected chi connectivity index (χ2v) is 4.75. The molecule has 3 heteroatoms. The van der Waals surface area contributed by atoms with Gasteiger partial charge in [-0.05, 0) is 38.4 Å². The van der Waals surface area contributed by atoms with Gasteiger partial charge in [-0.3, -0.25) is 9.69 Å². The van der Waals surface area contributed by atoms with E-state index in [1.807, 2.05) is 35.8 Å². The molecule has 0 atom stereocenters. The van der Waals surface area contributed by atoms with Crippen molar-refractivity contribution in [1.29, 1.82) is 0 Å². The van der Waals surface area contributed by atoms with Crippen LogP contribution in [0, 0.1) is 0 Å². The molecule has 15 heavy (non-hydrogen) atoms. The molecule has 0 aromatic carbocycles. The number of Topliss-reactive ketones (excluding diaryl/α,β-unsaturated/α-hetero) is 1. The van der Waals surface area contributed by atoms with Gasteiger partial charge in [0.1, 0.15) is 0 Å². The van der Waals surface area contributed by atoms with E-state index >= 15 is 0 Å². The zero-order valence-electron chi connectivity index (χ0n) is 9.91. The quantitative estimate of drug-likeness (QED) is 0.718. The minimum Gasteiger partial charge on any atom is -0.297 e. The molecule has 0 N–H and O–H groups in total. The zero-order valence-corrected chi connectivity index (χ0v) is 10.7. The Balaban J connectivity index is 3.05. The van der Waals surface area contributed by atoms with Crippen molar-refractivity contribution >= 4 is 17.1 Å². The highest BCUT2D eigenvalue weighted by Crippen LogP contribution is 2.27. The zero-order chi connectivity index (χ0) is 11.5. The summed E-state index contributed by atoms with van der Waals surface area (Å²) in [7, 11) is 3.97. The van der Waals surface area contributed by atoms with E-state index in [2.05, 4.69) is 13.8 Å². The first-order valence-electron chi connectivity index (χ1n) is 5.33. The van der Waals surface area contributed by atoms with Crippen molar-refractivity contribution in [3.8, 4) is 0 Å². The average molecular weight is 225 g/mol. The van der Waals surface area contributed by atoms with Crippen molar-refractivity contribution < 1.29 is 4.79 Å². The maximum Gasteiger partial charge on any atom is 0.183 e. The molecule has 0 amide bonds. The Hall–Kier alpha value is -0.670. The molecule has 2 nitrogen and oxygen atoms in total. The average Bonchev–Trinajstić information content (AvgIpc) is 2.72. The highest BCUT2D eigenvalue weighted by molar-refractivity contribution is 7.08. The molecule has 0 radical (unpaired) electrons. The molecular weight excluding hydrogens is 206 g/mol. The molecule has 0 bridgehead atoms. The van der Waals surface area contributed by atoms with Crippen LogP contribution in [0.15, 0.2) is 16.8 Å². The molecule has 0 aliphatic heterocycles. The SMILES string of the molecule is CCC(CC)(C(=O)c1ccsc1)N(C)C. The lowest BCUT2D eigenvalue weighted by Gasteiger charge is -2.36. The van der Waals surface area contributed by atoms with Crippen LogP contribution < -0.4 is 0 Å². The lowest BCUT2D eigenvalue weighted by atomic mass is 9.84. The molecule has 1 heterocycles. The Morgan fingerprint density at radius 3 is 2.33 bits per heavy atom. The van der Waals surface area contributed by atoms with E-state index in [0.29, 0.717) is 0 Å². The molecule has 0 aliphatic carbocycles. The number of likely N-dealkylation sites (N-methyl/N-ethyl adjacent to an activating group) is 1. The Bertz CT molecular complexity index is 312. The van der Waals surface area contributed by atoms with Crippen LogP contribution in [0.25, 0.3) is 0 Å². The minimum absolute atomic E-state index is 0.249. The highest BCUT2D eigenvalue weighted by Gasteiger charge is 2.37. The monoisotopic (exact) mass is 225 g/mol. The topological polar surface area (TPSA) is 20.3 Å². The lowest BCUT2D eigenvalue weighted by Crippen LogP contribution is -2.50. The molecule has 0 fully saturated rings. The fourth-order valence-electron chi connectivity index (χ4n) is 2.07. The van der Waals surface area contributed by atoms with Crippen molar-refractivity contribution in [2.45, 2.75) is 32.2 Å². The summed E-state index contributed by atoms with van der Waals surface area (Å²) in [4.78, 5) is 14.4. The largest absolute Gasteiger partial charge is 0.297 e. The van der Waals surface area contributed by atoms with E-state index in [1.54, 1.807) is 11.3 Å². The summed E-state index contributed by atoms with van der Waals surface area (Å²) in [6.45, 7) is 4.15. The van der Waals surface area contributed by atoms with Crippen LogP contribution in [0.5, 0.6) is 0 Å².